The van der Waals surface area contributed by atoms with E-state index in [4.69, 9.17) is 4.43 Å². The zero-order valence-electron chi connectivity index (χ0n) is 22.6. The zero-order chi connectivity index (χ0) is 28.1. The maximum absolute atomic E-state index is 12.7. The van der Waals surface area contributed by atoms with Gasteiger partial charge in [-0.3, -0.25) is 19.8 Å². The average molecular weight is 587 g/mol. The van der Waals surface area contributed by atoms with Gasteiger partial charge in [-0.15, -0.1) is 0 Å². The minimum atomic E-state index is -4.43. The summed E-state index contributed by atoms with van der Waals surface area (Å²) in [5, 5.41) is 12.8. The van der Waals surface area contributed by atoms with Crippen LogP contribution in [-0.4, -0.2) is 97.8 Å². The molecule has 0 aromatic heterocycles. The van der Waals surface area contributed by atoms with Crippen molar-refractivity contribution in [3.05, 3.63) is 64.7 Å². The summed E-state index contributed by atoms with van der Waals surface area (Å²) in [6, 6.07) is 12.7. The molecule has 2 aromatic rings. The van der Waals surface area contributed by atoms with Gasteiger partial charge in [0.25, 0.3) is 17.6 Å². The Labute approximate surface area is 251 Å². The van der Waals surface area contributed by atoms with Crippen molar-refractivity contribution in [2.75, 3.05) is 39.2 Å². The normalized spacial score (nSPS) is 15.4. The number of hydrogen-bond donors (Lipinski definition) is 3. The predicted molar refractivity (Wildman–Crippen MR) is 142 cm³/mol. The molecule has 0 spiro atoms. The van der Waals surface area contributed by atoms with Crippen LogP contribution < -0.4 is 34.9 Å². The summed E-state index contributed by atoms with van der Waals surface area (Å²) in [6.45, 7) is 2.43. The largest absolute Gasteiger partial charge is 1.00 e. The molecule has 1 heterocycles. The number of aliphatic hydroxyl groups excluding tert-OH is 1. The summed E-state index contributed by atoms with van der Waals surface area (Å²) in [6.07, 6.45) is 0.0624. The first kappa shape index (κ1) is 33.3. The van der Waals surface area contributed by atoms with E-state index in [9.17, 15) is 32.5 Å². The van der Waals surface area contributed by atoms with Crippen molar-refractivity contribution < 1.29 is 71.0 Å². The van der Waals surface area contributed by atoms with Crippen LogP contribution in [0.1, 0.15) is 44.7 Å². The molecule has 0 aliphatic carbocycles. The zero-order valence-corrected chi connectivity index (χ0v) is 26.5. The second kappa shape index (κ2) is 14.1. The fourth-order valence-electron chi connectivity index (χ4n) is 4.24. The van der Waals surface area contributed by atoms with Gasteiger partial charge in [0.15, 0.2) is 0 Å². The first-order valence-corrected chi connectivity index (χ1v) is 16.0. The van der Waals surface area contributed by atoms with Crippen LogP contribution in [0, 0.1) is 6.92 Å². The minimum absolute atomic E-state index is 0. The second-order valence-corrected chi connectivity index (χ2v) is 13.9. The Morgan fingerprint density at radius 2 is 1.82 bits per heavy atom. The summed E-state index contributed by atoms with van der Waals surface area (Å²) < 4.78 is 40.9. The number of rotatable bonds is 12. The van der Waals surface area contributed by atoms with E-state index in [1.807, 2.05) is 35.8 Å². The number of imide groups is 1. The van der Waals surface area contributed by atoms with Gasteiger partial charge in [0, 0.05) is 19.9 Å². The number of amidine groups is 1. The summed E-state index contributed by atoms with van der Waals surface area (Å²) in [7, 11) is -4.88. The third kappa shape index (κ3) is 8.52. The Morgan fingerprint density at radius 1 is 1.13 bits per heavy atom. The molecule has 14 heteroatoms. The number of aliphatic hydroxyl groups is 1. The molecule has 39 heavy (non-hydrogen) atoms. The van der Waals surface area contributed by atoms with Gasteiger partial charge >= 0.3 is 38.1 Å². The number of hydrogen-bond acceptors (Lipinski definition) is 8. The fraction of sp³-hybridized carbons (Fsp3) is 0.400. The smallest absolute Gasteiger partial charge is 0.748 e. The Kier molecular flexibility index (Phi) is 12.0. The third-order valence-corrected chi connectivity index (χ3v) is 9.56. The van der Waals surface area contributed by atoms with Crippen LogP contribution in [0.5, 0.6) is 0 Å². The van der Waals surface area contributed by atoms with Gasteiger partial charge < -0.3 is 18.9 Å². The molecule has 1 atom stereocenters. The first-order chi connectivity index (χ1) is 17.9. The van der Waals surface area contributed by atoms with Crippen LogP contribution in [0.25, 0.3) is 0 Å². The Hall–Kier alpha value is -1.94. The standard InChI is InChI=1S/C25H33N3O8SSi.Na/c1-18-7-4-8-20(15-18)28(12-6-13-37(32,33)34)23(26-11-5-14-38(35,17-29)36-3)19-9-10-21-22(16-19)25(31)27(2)24(21)30;/h4,7-10,15-16,29,35H,5-6,11-14,17H2,1-3H3,(H,32,33,34);/q;+1. The van der Waals surface area contributed by atoms with Crippen molar-refractivity contribution in [2.45, 2.75) is 25.8 Å². The van der Waals surface area contributed by atoms with Crippen molar-refractivity contribution in [2.24, 2.45) is 0 Å². The van der Waals surface area contributed by atoms with Crippen molar-refractivity contribution in [1.29, 1.82) is 0 Å². The number of carbonyl (C=O) groups is 2. The van der Waals surface area contributed by atoms with Crippen molar-refractivity contribution in [3.8, 4) is 0 Å². The molecule has 0 saturated carbocycles. The number of aryl methyl sites for hydroxylation is 1. The SMILES string of the molecule is CO[Si](O)(CO)CCCNC(c1ccc2c(c1)C(=O)N(C)C2=O)=[N+](CCCS(=O)(=O)[O-])c1cccc(C)c1.[Na+]. The number of carbonyl (C=O) groups excluding carboxylic acids is 2. The summed E-state index contributed by atoms with van der Waals surface area (Å²) in [4.78, 5) is 36.5. The van der Waals surface area contributed by atoms with Crippen molar-refractivity contribution >= 4 is 42.0 Å². The van der Waals surface area contributed by atoms with E-state index in [1.54, 1.807) is 18.2 Å². The van der Waals surface area contributed by atoms with Gasteiger partial charge in [-0.05, 0) is 61.7 Å². The molecular formula is C25H33N3NaO8SSi+. The molecule has 0 saturated heterocycles. The number of nitrogens with zero attached hydrogens (tertiary/aromatic N) is 2. The van der Waals surface area contributed by atoms with Crippen LogP contribution in [0.3, 0.4) is 0 Å². The van der Waals surface area contributed by atoms with E-state index < -0.39 is 42.5 Å². The maximum Gasteiger partial charge on any atom is 1.00 e. The van der Waals surface area contributed by atoms with E-state index in [0.717, 1.165) is 16.2 Å². The van der Waals surface area contributed by atoms with E-state index in [-0.39, 0.29) is 54.1 Å². The topological polar surface area (TPSA) is 159 Å². The molecule has 3 N–H and O–H groups in total. The maximum atomic E-state index is 12.7. The third-order valence-electron chi connectivity index (χ3n) is 6.39. The van der Waals surface area contributed by atoms with Gasteiger partial charge in [0.05, 0.1) is 46.1 Å². The summed E-state index contributed by atoms with van der Waals surface area (Å²) >= 11 is 0. The number of amides is 2. The predicted octanol–water partition coefficient (Wildman–Crippen LogP) is -2.16. The van der Waals surface area contributed by atoms with Crippen LogP contribution in [0.15, 0.2) is 42.5 Å². The summed E-state index contributed by atoms with van der Waals surface area (Å²) in [5.41, 5.74) is 2.81. The van der Waals surface area contributed by atoms with Crippen molar-refractivity contribution in [1.82, 2.24) is 10.2 Å². The van der Waals surface area contributed by atoms with Crippen LogP contribution in [0.2, 0.25) is 6.04 Å². The van der Waals surface area contributed by atoms with E-state index in [0.29, 0.717) is 29.9 Å². The molecule has 0 fully saturated rings. The number of nitrogens with one attached hydrogen (secondary N) is 1. The Balaban J connectivity index is 0.00000533. The second-order valence-electron chi connectivity index (χ2n) is 9.22. The quantitative estimate of drug-likeness (QED) is 0.0479. The van der Waals surface area contributed by atoms with Crippen LogP contribution in [0.4, 0.5) is 5.69 Å². The molecule has 1 aliphatic rings. The van der Waals surface area contributed by atoms with Gasteiger partial charge in [-0.2, -0.15) is 0 Å². The average Bonchev–Trinajstić information content (AvgIpc) is 3.09. The molecule has 2 aromatic carbocycles. The Bertz CT molecular complexity index is 1350. The molecule has 1 aliphatic heterocycles. The summed E-state index contributed by atoms with van der Waals surface area (Å²) in [5.74, 6) is -0.837. The molecule has 0 radical (unpaired) electrons. The molecule has 1 unspecified atom stereocenters. The Morgan fingerprint density at radius 3 is 2.44 bits per heavy atom. The number of fused-ring (bicyclic) bond motifs is 1. The van der Waals surface area contributed by atoms with E-state index in [2.05, 4.69) is 5.32 Å². The molecule has 0 bridgehead atoms. The first-order valence-electron chi connectivity index (χ1n) is 12.1. The monoisotopic (exact) mass is 586 g/mol. The number of benzene rings is 2. The molecule has 11 nitrogen and oxygen atoms in total. The molecule has 3 rings (SSSR count). The van der Waals surface area contributed by atoms with E-state index in [1.165, 1.54) is 14.2 Å². The van der Waals surface area contributed by atoms with Gasteiger partial charge in [-0.1, -0.05) is 12.1 Å². The van der Waals surface area contributed by atoms with Crippen LogP contribution in [-0.2, 0) is 14.5 Å². The van der Waals surface area contributed by atoms with Crippen LogP contribution >= 0.6 is 0 Å². The van der Waals surface area contributed by atoms with Crippen molar-refractivity contribution in [3.63, 3.8) is 0 Å². The van der Waals surface area contributed by atoms with Gasteiger partial charge in [-0.25, -0.2) is 13.0 Å². The van der Waals surface area contributed by atoms with E-state index >= 15 is 0 Å². The van der Waals surface area contributed by atoms with Gasteiger partial charge in [0.2, 0.25) is 0 Å². The molecule has 2 amide bonds. The van der Waals surface area contributed by atoms with Gasteiger partial charge in [0.1, 0.15) is 5.69 Å². The molecule has 206 valence electrons. The molecular weight excluding hydrogens is 553 g/mol. The fourth-order valence-corrected chi connectivity index (χ4v) is 5.95. The minimum Gasteiger partial charge on any atom is -0.748 e.